The van der Waals surface area contributed by atoms with Crippen molar-refractivity contribution in [1.82, 2.24) is 4.98 Å². The fraction of sp³-hybridized carbons (Fsp3) is 0.100. The molecule has 0 unspecified atom stereocenters. The Kier molecular flexibility index (Phi) is 5.78. The summed E-state index contributed by atoms with van der Waals surface area (Å²) in [5.74, 6) is 1.13. The third-order valence-electron chi connectivity index (χ3n) is 3.79. The first-order valence-electron chi connectivity index (χ1n) is 8.11. The van der Waals surface area contributed by atoms with Gasteiger partial charge in [-0.2, -0.15) is 0 Å². The van der Waals surface area contributed by atoms with E-state index in [1.54, 1.807) is 30.5 Å². The van der Waals surface area contributed by atoms with Gasteiger partial charge in [-0.05, 0) is 24.3 Å². The quantitative estimate of drug-likeness (QED) is 0.642. The molecule has 0 bridgehead atoms. The summed E-state index contributed by atoms with van der Waals surface area (Å²) in [5.41, 5.74) is 1.78. The van der Waals surface area contributed by atoms with Crippen molar-refractivity contribution in [2.45, 2.75) is 0 Å². The minimum absolute atomic E-state index is 0.309. The molecule has 2 N–H and O–H groups in total. The van der Waals surface area contributed by atoms with Gasteiger partial charge in [-0.1, -0.05) is 29.8 Å². The van der Waals surface area contributed by atoms with E-state index in [-0.39, 0.29) is 5.91 Å². The molecule has 0 aliphatic heterocycles. The number of anilines is 3. The van der Waals surface area contributed by atoms with Crippen LogP contribution >= 0.6 is 11.6 Å². The summed E-state index contributed by atoms with van der Waals surface area (Å²) in [5, 5.41) is 6.36. The number of aromatic nitrogens is 1. The summed E-state index contributed by atoms with van der Waals surface area (Å²) in [7, 11) is 3.01. The molecular formula is C20H18ClN3O3. The lowest BCUT2D eigenvalue weighted by atomic mass is 10.2. The molecule has 0 saturated carbocycles. The molecule has 0 aliphatic carbocycles. The van der Waals surface area contributed by atoms with Gasteiger partial charge < -0.3 is 20.1 Å². The Hall–Kier alpha value is -3.25. The molecular weight excluding hydrogens is 366 g/mol. The highest BCUT2D eigenvalue weighted by Crippen LogP contribution is 2.36. The number of methoxy groups -OCH3 is 2. The molecule has 2 aromatic carbocycles. The summed E-state index contributed by atoms with van der Waals surface area (Å²) in [4.78, 5) is 16.9. The van der Waals surface area contributed by atoms with E-state index in [2.05, 4.69) is 15.6 Å². The van der Waals surface area contributed by atoms with E-state index in [9.17, 15) is 4.79 Å². The minimum Gasteiger partial charge on any atom is -0.495 e. The molecule has 1 aromatic heterocycles. The van der Waals surface area contributed by atoms with Crippen molar-refractivity contribution < 1.29 is 14.3 Å². The number of hydrogen-bond donors (Lipinski definition) is 2. The summed E-state index contributed by atoms with van der Waals surface area (Å²) < 4.78 is 10.5. The lowest BCUT2D eigenvalue weighted by molar-refractivity contribution is 0.102. The first-order valence-corrected chi connectivity index (χ1v) is 8.49. The smallest absolute Gasteiger partial charge is 0.255 e. The molecule has 0 fully saturated rings. The van der Waals surface area contributed by atoms with Gasteiger partial charge in [-0.15, -0.1) is 0 Å². The molecule has 1 heterocycles. The number of halogens is 1. The molecule has 27 heavy (non-hydrogen) atoms. The summed E-state index contributed by atoms with van der Waals surface area (Å²) in [6.45, 7) is 0. The van der Waals surface area contributed by atoms with Crippen LogP contribution in [0.5, 0.6) is 11.5 Å². The Bertz CT molecular complexity index is 948. The third kappa shape index (κ3) is 4.48. The van der Waals surface area contributed by atoms with Crippen LogP contribution < -0.4 is 20.1 Å². The molecule has 0 spiro atoms. The van der Waals surface area contributed by atoms with Crippen molar-refractivity contribution in [2.24, 2.45) is 0 Å². The van der Waals surface area contributed by atoms with Gasteiger partial charge in [0, 0.05) is 29.6 Å². The number of benzene rings is 2. The molecule has 7 heteroatoms. The van der Waals surface area contributed by atoms with Crippen molar-refractivity contribution in [1.29, 1.82) is 0 Å². The van der Waals surface area contributed by atoms with E-state index in [1.165, 1.54) is 14.2 Å². The average molecular weight is 384 g/mol. The van der Waals surface area contributed by atoms with E-state index in [0.29, 0.717) is 33.6 Å². The van der Waals surface area contributed by atoms with Gasteiger partial charge in [-0.25, -0.2) is 4.98 Å². The number of hydrogen-bond acceptors (Lipinski definition) is 5. The van der Waals surface area contributed by atoms with Gasteiger partial charge in [0.05, 0.1) is 24.9 Å². The maximum Gasteiger partial charge on any atom is 0.255 e. The SMILES string of the molecule is COc1cc(NC(=O)c2ccnc(Nc3ccccc3)c2)c(OC)cc1Cl. The summed E-state index contributed by atoms with van der Waals surface area (Å²) in [6, 6.07) is 16.1. The Morgan fingerprint density at radius 1 is 1.00 bits per heavy atom. The highest BCUT2D eigenvalue weighted by atomic mass is 35.5. The molecule has 3 rings (SSSR count). The predicted molar refractivity (Wildman–Crippen MR) is 106 cm³/mol. The Labute approximate surface area is 162 Å². The first kappa shape index (κ1) is 18.5. The number of rotatable bonds is 6. The van der Waals surface area contributed by atoms with Gasteiger partial charge in [0.15, 0.2) is 0 Å². The fourth-order valence-corrected chi connectivity index (χ4v) is 2.69. The molecule has 0 atom stereocenters. The Morgan fingerprint density at radius 2 is 1.74 bits per heavy atom. The van der Waals surface area contributed by atoms with Crippen molar-refractivity contribution in [3.05, 3.63) is 71.4 Å². The van der Waals surface area contributed by atoms with Crippen LogP contribution in [0.25, 0.3) is 0 Å². The topological polar surface area (TPSA) is 72.5 Å². The second kappa shape index (κ2) is 8.42. The van der Waals surface area contributed by atoms with Crippen LogP contribution in [0.1, 0.15) is 10.4 Å². The van der Waals surface area contributed by atoms with Gasteiger partial charge in [-0.3, -0.25) is 4.79 Å². The van der Waals surface area contributed by atoms with Gasteiger partial charge in [0.1, 0.15) is 17.3 Å². The largest absolute Gasteiger partial charge is 0.495 e. The second-order valence-electron chi connectivity index (χ2n) is 5.56. The van der Waals surface area contributed by atoms with E-state index in [4.69, 9.17) is 21.1 Å². The zero-order valence-corrected chi connectivity index (χ0v) is 15.6. The molecule has 3 aromatic rings. The van der Waals surface area contributed by atoms with Crippen LogP contribution in [-0.2, 0) is 0 Å². The number of ether oxygens (including phenoxy) is 2. The Morgan fingerprint density at radius 3 is 2.44 bits per heavy atom. The van der Waals surface area contributed by atoms with Crippen molar-refractivity contribution in [3.63, 3.8) is 0 Å². The zero-order chi connectivity index (χ0) is 19.2. The van der Waals surface area contributed by atoms with Crippen LogP contribution in [0.3, 0.4) is 0 Å². The molecule has 1 amide bonds. The van der Waals surface area contributed by atoms with E-state index in [1.807, 2.05) is 30.3 Å². The monoisotopic (exact) mass is 383 g/mol. The van der Waals surface area contributed by atoms with E-state index >= 15 is 0 Å². The molecule has 138 valence electrons. The lowest BCUT2D eigenvalue weighted by Crippen LogP contribution is -2.13. The van der Waals surface area contributed by atoms with E-state index in [0.717, 1.165) is 5.69 Å². The molecule has 6 nitrogen and oxygen atoms in total. The third-order valence-corrected chi connectivity index (χ3v) is 4.09. The lowest BCUT2D eigenvalue weighted by Gasteiger charge is -2.13. The van der Waals surface area contributed by atoms with Crippen LogP contribution in [0.15, 0.2) is 60.8 Å². The number of carbonyl (C=O) groups is 1. The summed E-state index contributed by atoms with van der Waals surface area (Å²) in [6.07, 6.45) is 1.57. The maximum atomic E-state index is 12.7. The highest BCUT2D eigenvalue weighted by molar-refractivity contribution is 6.32. The van der Waals surface area contributed by atoms with Gasteiger partial charge >= 0.3 is 0 Å². The molecule has 0 saturated heterocycles. The van der Waals surface area contributed by atoms with Crippen molar-refractivity contribution in [3.8, 4) is 11.5 Å². The number of para-hydroxylation sites is 1. The second-order valence-corrected chi connectivity index (χ2v) is 5.97. The van der Waals surface area contributed by atoms with Gasteiger partial charge in [0.2, 0.25) is 0 Å². The van der Waals surface area contributed by atoms with Crippen molar-refractivity contribution >= 4 is 34.7 Å². The van der Waals surface area contributed by atoms with Crippen molar-refractivity contribution in [2.75, 3.05) is 24.9 Å². The summed E-state index contributed by atoms with van der Waals surface area (Å²) >= 11 is 6.10. The maximum absolute atomic E-state index is 12.7. The highest BCUT2D eigenvalue weighted by Gasteiger charge is 2.14. The number of carbonyl (C=O) groups excluding carboxylic acids is 1. The molecule has 0 aliphatic rings. The van der Waals surface area contributed by atoms with Crippen LogP contribution in [0.2, 0.25) is 5.02 Å². The average Bonchev–Trinajstić information content (AvgIpc) is 2.70. The zero-order valence-electron chi connectivity index (χ0n) is 14.8. The molecule has 0 radical (unpaired) electrons. The fourth-order valence-electron chi connectivity index (χ4n) is 2.46. The number of pyridine rings is 1. The normalized spacial score (nSPS) is 10.2. The first-order chi connectivity index (χ1) is 13.1. The standard InChI is InChI=1S/C20H18ClN3O3/c1-26-17-12-16(18(27-2)11-15(17)21)24-20(25)13-8-9-22-19(10-13)23-14-6-4-3-5-7-14/h3-12H,1-2H3,(H,22,23)(H,24,25). The van der Waals surface area contributed by atoms with Crippen LogP contribution in [-0.4, -0.2) is 25.1 Å². The number of amides is 1. The number of nitrogens with one attached hydrogen (secondary N) is 2. The van der Waals surface area contributed by atoms with Crippen LogP contribution in [0, 0.1) is 0 Å². The van der Waals surface area contributed by atoms with E-state index < -0.39 is 0 Å². The Balaban J connectivity index is 1.82. The minimum atomic E-state index is -0.309. The number of nitrogens with zero attached hydrogens (tertiary/aromatic N) is 1. The van der Waals surface area contributed by atoms with Crippen LogP contribution in [0.4, 0.5) is 17.2 Å². The predicted octanol–water partition coefficient (Wildman–Crippen LogP) is 4.75. The van der Waals surface area contributed by atoms with Gasteiger partial charge in [0.25, 0.3) is 5.91 Å².